The second-order valence-corrected chi connectivity index (χ2v) is 6.52. The summed E-state index contributed by atoms with van der Waals surface area (Å²) in [5, 5.41) is 7.13. The van der Waals surface area contributed by atoms with Crippen LogP contribution in [0.2, 0.25) is 0 Å². The highest BCUT2D eigenvalue weighted by Gasteiger charge is 2.34. The van der Waals surface area contributed by atoms with Gasteiger partial charge in [-0.05, 0) is 43.9 Å². The highest BCUT2D eigenvalue weighted by molar-refractivity contribution is 6.06. The highest BCUT2D eigenvalue weighted by atomic mass is 19.1. The van der Waals surface area contributed by atoms with Gasteiger partial charge in [0.05, 0.1) is 11.1 Å². The van der Waals surface area contributed by atoms with Crippen molar-refractivity contribution >= 4 is 16.8 Å². The van der Waals surface area contributed by atoms with Gasteiger partial charge in [-0.1, -0.05) is 0 Å². The predicted octanol–water partition coefficient (Wildman–Crippen LogP) is 1.68. The van der Waals surface area contributed by atoms with Gasteiger partial charge >= 0.3 is 0 Å². The lowest BCUT2D eigenvalue weighted by Gasteiger charge is -2.29. The van der Waals surface area contributed by atoms with Crippen LogP contribution in [0, 0.1) is 5.82 Å². The Morgan fingerprint density at radius 3 is 2.65 bits per heavy atom. The quantitative estimate of drug-likeness (QED) is 0.789. The summed E-state index contributed by atoms with van der Waals surface area (Å²) in [4.78, 5) is 26.9. The summed E-state index contributed by atoms with van der Waals surface area (Å²) in [6, 6.07) is 6.41. The van der Waals surface area contributed by atoms with Gasteiger partial charge in [0.15, 0.2) is 0 Å². The number of carbonyl (C=O) groups is 1. The number of nitrogens with one attached hydrogen (secondary N) is 3. The number of H-pyrrole nitrogens is 1. The molecule has 4 rings (SSSR count). The fourth-order valence-electron chi connectivity index (χ4n) is 3.86. The molecule has 1 aromatic heterocycles. The second-order valence-electron chi connectivity index (χ2n) is 6.52. The molecule has 5 nitrogen and oxygen atoms in total. The first-order valence-electron chi connectivity index (χ1n) is 7.98. The molecule has 1 amide bonds. The smallest absolute Gasteiger partial charge is 0.252 e. The average Bonchev–Trinajstić information content (AvgIpc) is 2.84. The second kappa shape index (κ2) is 5.45. The molecule has 0 radical (unpaired) electrons. The minimum atomic E-state index is -0.444. The van der Waals surface area contributed by atoms with Gasteiger partial charge in [-0.25, -0.2) is 4.39 Å². The molecule has 2 aliphatic heterocycles. The standard InChI is InChI=1S/C17H18FN3O2/c18-9-1-4-13-14(8-16(22)21-15(13)5-9)17(23)20-12-6-10-2-3-11(7-12)19-10/h1,4-5,8,10-12,19H,2-3,6-7H2,(H,20,23)(H,21,22). The van der Waals surface area contributed by atoms with Gasteiger partial charge < -0.3 is 15.6 Å². The van der Waals surface area contributed by atoms with E-state index >= 15 is 0 Å². The zero-order valence-electron chi connectivity index (χ0n) is 12.6. The molecule has 2 unspecified atom stereocenters. The molecular formula is C17H18FN3O2. The van der Waals surface area contributed by atoms with Crippen molar-refractivity contribution in [3.8, 4) is 0 Å². The number of rotatable bonds is 2. The van der Waals surface area contributed by atoms with E-state index in [4.69, 9.17) is 0 Å². The zero-order chi connectivity index (χ0) is 16.0. The first kappa shape index (κ1) is 14.4. The van der Waals surface area contributed by atoms with Crippen LogP contribution in [0.5, 0.6) is 0 Å². The number of aromatic amines is 1. The summed E-state index contributed by atoms with van der Waals surface area (Å²) in [5.41, 5.74) is 0.237. The molecule has 2 aromatic rings. The Bertz CT molecular complexity index is 820. The normalized spacial score (nSPS) is 26.4. The molecule has 3 N–H and O–H groups in total. The topological polar surface area (TPSA) is 74.0 Å². The molecule has 1 aromatic carbocycles. The largest absolute Gasteiger partial charge is 0.349 e. The van der Waals surface area contributed by atoms with Gasteiger partial charge in [-0.2, -0.15) is 0 Å². The number of aromatic nitrogens is 1. The van der Waals surface area contributed by atoms with Gasteiger partial charge in [0.1, 0.15) is 5.82 Å². The Balaban J connectivity index is 1.63. The third kappa shape index (κ3) is 2.74. The van der Waals surface area contributed by atoms with Crippen molar-refractivity contribution in [2.45, 2.75) is 43.8 Å². The zero-order valence-corrected chi connectivity index (χ0v) is 12.6. The Kier molecular flexibility index (Phi) is 3.41. The van der Waals surface area contributed by atoms with Crippen molar-refractivity contribution in [3.63, 3.8) is 0 Å². The van der Waals surface area contributed by atoms with E-state index in [2.05, 4.69) is 15.6 Å². The molecule has 6 heteroatoms. The molecule has 2 fully saturated rings. The van der Waals surface area contributed by atoms with Crippen LogP contribution in [0.15, 0.2) is 29.1 Å². The number of piperidine rings is 1. The van der Waals surface area contributed by atoms with Crippen LogP contribution in [-0.2, 0) is 0 Å². The number of pyridine rings is 1. The molecule has 2 saturated heterocycles. The molecule has 23 heavy (non-hydrogen) atoms. The van der Waals surface area contributed by atoms with Crippen molar-refractivity contribution in [1.82, 2.24) is 15.6 Å². The van der Waals surface area contributed by atoms with Crippen LogP contribution < -0.4 is 16.2 Å². The summed E-state index contributed by atoms with van der Waals surface area (Å²) in [6.45, 7) is 0. The highest BCUT2D eigenvalue weighted by Crippen LogP contribution is 2.27. The number of amides is 1. The lowest BCUT2D eigenvalue weighted by molar-refractivity contribution is 0.0925. The van der Waals surface area contributed by atoms with E-state index in [1.807, 2.05) is 0 Å². The van der Waals surface area contributed by atoms with Crippen molar-refractivity contribution in [2.24, 2.45) is 0 Å². The molecule has 2 bridgehead atoms. The molecule has 2 atom stereocenters. The summed E-state index contributed by atoms with van der Waals surface area (Å²) < 4.78 is 13.3. The van der Waals surface area contributed by atoms with E-state index in [0.29, 0.717) is 28.6 Å². The SMILES string of the molecule is O=C(NC1CC2CCC(C1)N2)c1cc(=O)[nH]c2cc(F)ccc12. The Hall–Kier alpha value is -2.21. The molecular weight excluding hydrogens is 297 g/mol. The Labute approximate surface area is 132 Å². The number of hydrogen-bond donors (Lipinski definition) is 3. The van der Waals surface area contributed by atoms with E-state index in [1.165, 1.54) is 24.3 Å². The number of benzene rings is 1. The van der Waals surface area contributed by atoms with Gasteiger partial charge in [0, 0.05) is 29.6 Å². The molecule has 0 saturated carbocycles. The van der Waals surface area contributed by atoms with Crippen LogP contribution in [0.4, 0.5) is 4.39 Å². The van der Waals surface area contributed by atoms with Gasteiger partial charge in [-0.3, -0.25) is 9.59 Å². The van der Waals surface area contributed by atoms with E-state index in [-0.39, 0.29) is 11.9 Å². The van der Waals surface area contributed by atoms with Crippen molar-refractivity contribution < 1.29 is 9.18 Å². The monoisotopic (exact) mass is 315 g/mol. The van der Waals surface area contributed by atoms with Crippen molar-refractivity contribution in [2.75, 3.05) is 0 Å². The summed E-state index contributed by atoms with van der Waals surface area (Å²) in [5.74, 6) is -0.709. The van der Waals surface area contributed by atoms with Crippen LogP contribution in [0.25, 0.3) is 10.9 Å². The molecule has 3 heterocycles. The van der Waals surface area contributed by atoms with E-state index in [9.17, 15) is 14.0 Å². The van der Waals surface area contributed by atoms with Crippen molar-refractivity contribution in [1.29, 1.82) is 0 Å². The number of halogens is 1. The molecule has 0 spiro atoms. The van der Waals surface area contributed by atoms with Crippen LogP contribution in [-0.4, -0.2) is 29.0 Å². The Morgan fingerprint density at radius 2 is 1.91 bits per heavy atom. The number of fused-ring (bicyclic) bond motifs is 3. The van der Waals surface area contributed by atoms with E-state index in [1.54, 1.807) is 0 Å². The van der Waals surface area contributed by atoms with Gasteiger partial charge in [0.2, 0.25) is 5.56 Å². The lowest BCUT2D eigenvalue weighted by atomic mass is 9.99. The van der Waals surface area contributed by atoms with E-state index < -0.39 is 11.4 Å². The molecule has 120 valence electrons. The minimum absolute atomic E-state index is 0.121. The maximum atomic E-state index is 13.3. The van der Waals surface area contributed by atoms with E-state index in [0.717, 1.165) is 25.7 Å². The Morgan fingerprint density at radius 1 is 1.17 bits per heavy atom. The number of carbonyl (C=O) groups excluding carboxylic acids is 1. The van der Waals surface area contributed by atoms with Crippen LogP contribution in [0.3, 0.4) is 0 Å². The predicted molar refractivity (Wildman–Crippen MR) is 85.0 cm³/mol. The maximum Gasteiger partial charge on any atom is 0.252 e. The molecule has 0 aliphatic carbocycles. The minimum Gasteiger partial charge on any atom is -0.349 e. The fraction of sp³-hybridized carbons (Fsp3) is 0.412. The average molecular weight is 315 g/mol. The first-order valence-corrected chi connectivity index (χ1v) is 7.98. The third-order valence-corrected chi connectivity index (χ3v) is 4.86. The molecule has 2 aliphatic rings. The van der Waals surface area contributed by atoms with Gasteiger partial charge in [-0.15, -0.1) is 0 Å². The lowest BCUT2D eigenvalue weighted by Crippen LogP contribution is -2.48. The fourth-order valence-corrected chi connectivity index (χ4v) is 3.86. The van der Waals surface area contributed by atoms with Crippen LogP contribution >= 0.6 is 0 Å². The summed E-state index contributed by atoms with van der Waals surface area (Å²) >= 11 is 0. The third-order valence-electron chi connectivity index (χ3n) is 4.86. The van der Waals surface area contributed by atoms with Crippen molar-refractivity contribution in [3.05, 3.63) is 46.0 Å². The first-order chi connectivity index (χ1) is 11.1. The van der Waals surface area contributed by atoms with Gasteiger partial charge in [0.25, 0.3) is 5.91 Å². The summed E-state index contributed by atoms with van der Waals surface area (Å²) in [7, 11) is 0. The maximum absolute atomic E-state index is 13.3. The number of hydrogen-bond acceptors (Lipinski definition) is 3. The van der Waals surface area contributed by atoms with Crippen LogP contribution in [0.1, 0.15) is 36.0 Å². The summed E-state index contributed by atoms with van der Waals surface area (Å²) in [6.07, 6.45) is 4.14.